The molecule has 1 aromatic carbocycles. The van der Waals surface area contributed by atoms with Crippen LogP contribution in [0.5, 0.6) is 11.5 Å². The molecule has 1 fully saturated rings. The molecule has 1 saturated carbocycles. The van der Waals surface area contributed by atoms with Crippen LogP contribution in [-0.4, -0.2) is 13.2 Å². The van der Waals surface area contributed by atoms with E-state index in [-0.39, 0.29) is 5.54 Å². The van der Waals surface area contributed by atoms with E-state index in [4.69, 9.17) is 26.8 Å². The molecular formula is C13H16ClNO2. The molecule has 1 aliphatic carbocycles. The second-order valence-corrected chi connectivity index (χ2v) is 5.16. The minimum absolute atomic E-state index is 0.190. The van der Waals surface area contributed by atoms with Crippen molar-refractivity contribution in [2.45, 2.75) is 31.7 Å². The van der Waals surface area contributed by atoms with Crippen molar-refractivity contribution >= 4 is 11.6 Å². The molecule has 1 heterocycles. The van der Waals surface area contributed by atoms with Gasteiger partial charge in [-0.15, -0.1) is 0 Å². The highest BCUT2D eigenvalue weighted by Crippen LogP contribution is 2.51. The second-order valence-electron chi connectivity index (χ2n) is 4.75. The normalized spacial score (nSPS) is 20.2. The van der Waals surface area contributed by atoms with Crippen LogP contribution in [0.2, 0.25) is 5.02 Å². The summed E-state index contributed by atoms with van der Waals surface area (Å²) in [7, 11) is 0. The number of fused-ring (bicyclic) bond motifs is 1. The fourth-order valence-corrected chi connectivity index (χ4v) is 2.67. The lowest BCUT2D eigenvalue weighted by Gasteiger charge is -2.25. The summed E-state index contributed by atoms with van der Waals surface area (Å²) in [5.74, 6) is 1.49. The predicted molar refractivity (Wildman–Crippen MR) is 66.9 cm³/mol. The van der Waals surface area contributed by atoms with Gasteiger partial charge in [0.05, 0.1) is 5.02 Å². The molecule has 0 aromatic heterocycles. The molecule has 0 spiro atoms. The zero-order chi connectivity index (χ0) is 12.0. The van der Waals surface area contributed by atoms with Crippen LogP contribution in [0.1, 0.15) is 30.9 Å². The van der Waals surface area contributed by atoms with Crippen molar-refractivity contribution in [2.24, 2.45) is 5.73 Å². The zero-order valence-electron chi connectivity index (χ0n) is 9.88. The number of ether oxygens (including phenoxy) is 2. The predicted octanol–water partition coefficient (Wildman–Crippen LogP) is 2.62. The Kier molecular flexibility index (Phi) is 2.49. The number of nitrogens with two attached hydrogens (primary N) is 1. The average molecular weight is 254 g/mol. The molecule has 3 rings (SSSR count). The van der Waals surface area contributed by atoms with Crippen molar-refractivity contribution < 1.29 is 9.47 Å². The number of halogens is 1. The molecular weight excluding hydrogens is 238 g/mol. The van der Waals surface area contributed by atoms with E-state index < -0.39 is 0 Å². The van der Waals surface area contributed by atoms with Crippen molar-refractivity contribution in [1.29, 1.82) is 0 Å². The maximum atomic E-state index is 6.29. The quantitative estimate of drug-likeness (QED) is 0.881. The van der Waals surface area contributed by atoms with E-state index in [1.165, 1.54) is 0 Å². The topological polar surface area (TPSA) is 44.5 Å². The SMILES string of the molecule is CCc1c(C2(N)CC2)cc(Cl)c2c1OCCO2. The first-order valence-electron chi connectivity index (χ1n) is 6.06. The van der Waals surface area contributed by atoms with Crippen molar-refractivity contribution in [2.75, 3.05) is 13.2 Å². The summed E-state index contributed by atoms with van der Waals surface area (Å²) >= 11 is 6.25. The fraction of sp³-hybridized carbons (Fsp3) is 0.538. The largest absolute Gasteiger partial charge is 0.486 e. The lowest BCUT2D eigenvalue weighted by molar-refractivity contribution is 0.170. The fourth-order valence-electron chi connectivity index (χ4n) is 2.42. The molecule has 0 saturated heterocycles. The Morgan fingerprint density at radius 1 is 1.29 bits per heavy atom. The van der Waals surface area contributed by atoms with Gasteiger partial charge in [-0.3, -0.25) is 0 Å². The molecule has 0 atom stereocenters. The molecule has 92 valence electrons. The Balaban J connectivity index is 2.20. The lowest BCUT2D eigenvalue weighted by atomic mass is 9.95. The van der Waals surface area contributed by atoms with Crippen LogP contribution >= 0.6 is 11.6 Å². The van der Waals surface area contributed by atoms with E-state index in [2.05, 4.69) is 6.92 Å². The third kappa shape index (κ3) is 1.69. The Labute approximate surface area is 106 Å². The average Bonchev–Trinajstić information content (AvgIpc) is 3.09. The van der Waals surface area contributed by atoms with Crippen molar-refractivity contribution in [3.05, 3.63) is 22.2 Å². The van der Waals surface area contributed by atoms with Crippen LogP contribution in [0.25, 0.3) is 0 Å². The first-order chi connectivity index (χ1) is 8.15. The van der Waals surface area contributed by atoms with Crippen LogP contribution in [0.4, 0.5) is 0 Å². The van der Waals surface area contributed by atoms with E-state index in [0.717, 1.165) is 36.1 Å². The summed E-state index contributed by atoms with van der Waals surface area (Å²) in [6.07, 6.45) is 2.93. The summed E-state index contributed by atoms with van der Waals surface area (Å²) in [5, 5.41) is 0.614. The third-order valence-electron chi connectivity index (χ3n) is 3.55. The van der Waals surface area contributed by atoms with Gasteiger partial charge in [0.15, 0.2) is 11.5 Å². The summed E-state index contributed by atoms with van der Waals surface area (Å²) in [6.45, 7) is 3.25. The van der Waals surface area contributed by atoms with Gasteiger partial charge < -0.3 is 15.2 Å². The van der Waals surface area contributed by atoms with E-state index >= 15 is 0 Å². The van der Waals surface area contributed by atoms with E-state index in [1.807, 2.05) is 6.07 Å². The van der Waals surface area contributed by atoms with Crippen molar-refractivity contribution in [3.8, 4) is 11.5 Å². The highest BCUT2D eigenvalue weighted by molar-refractivity contribution is 6.32. The summed E-state index contributed by atoms with van der Waals surface area (Å²) in [5.41, 5.74) is 8.39. The van der Waals surface area contributed by atoms with Gasteiger partial charge in [-0.2, -0.15) is 0 Å². The van der Waals surface area contributed by atoms with Crippen LogP contribution in [-0.2, 0) is 12.0 Å². The monoisotopic (exact) mass is 253 g/mol. The molecule has 0 amide bonds. The highest BCUT2D eigenvalue weighted by Gasteiger charge is 2.43. The highest BCUT2D eigenvalue weighted by atomic mass is 35.5. The zero-order valence-corrected chi connectivity index (χ0v) is 10.6. The van der Waals surface area contributed by atoms with Gasteiger partial charge in [-0.05, 0) is 30.9 Å². The van der Waals surface area contributed by atoms with Crippen LogP contribution in [0, 0.1) is 0 Å². The number of benzene rings is 1. The summed E-state index contributed by atoms with van der Waals surface area (Å²) < 4.78 is 11.3. The van der Waals surface area contributed by atoms with Crippen LogP contribution in [0.3, 0.4) is 0 Å². The number of hydrogen-bond acceptors (Lipinski definition) is 3. The molecule has 0 radical (unpaired) electrons. The minimum Gasteiger partial charge on any atom is -0.486 e. The maximum absolute atomic E-state index is 6.29. The minimum atomic E-state index is -0.190. The molecule has 17 heavy (non-hydrogen) atoms. The van der Waals surface area contributed by atoms with E-state index in [9.17, 15) is 0 Å². The van der Waals surface area contributed by atoms with E-state index in [0.29, 0.717) is 24.0 Å². The first kappa shape index (κ1) is 11.2. The van der Waals surface area contributed by atoms with Gasteiger partial charge >= 0.3 is 0 Å². The molecule has 3 nitrogen and oxygen atoms in total. The molecule has 1 aromatic rings. The van der Waals surface area contributed by atoms with Gasteiger partial charge in [0.25, 0.3) is 0 Å². The molecule has 1 aliphatic heterocycles. The molecule has 4 heteroatoms. The van der Waals surface area contributed by atoms with Gasteiger partial charge in [0, 0.05) is 11.1 Å². The van der Waals surface area contributed by atoms with Crippen LogP contribution < -0.4 is 15.2 Å². The van der Waals surface area contributed by atoms with Gasteiger partial charge in [-0.1, -0.05) is 18.5 Å². The number of hydrogen-bond donors (Lipinski definition) is 1. The first-order valence-corrected chi connectivity index (χ1v) is 6.44. The van der Waals surface area contributed by atoms with Gasteiger partial charge in [-0.25, -0.2) is 0 Å². The standard InChI is InChI=1S/C13H16ClNO2/c1-2-8-9(13(15)3-4-13)7-10(14)12-11(8)16-5-6-17-12/h7H,2-6,15H2,1H3. The molecule has 0 unspecified atom stereocenters. The van der Waals surface area contributed by atoms with Crippen molar-refractivity contribution in [1.82, 2.24) is 0 Å². The third-order valence-corrected chi connectivity index (χ3v) is 3.83. The Hall–Kier alpha value is -0.930. The smallest absolute Gasteiger partial charge is 0.180 e. The molecule has 2 aliphatic rings. The summed E-state index contributed by atoms with van der Waals surface area (Å²) in [4.78, 5) is 0. The molecule has 0 bridgehead atoms. The Morgan fingerprint density at radius 2 is 1.94 bits per heavy atom. The lowest BCUT2D eigenvalue weighted by Crippen LogP contribution is -2.23. The Morgan fingerprint density at radius 3 is 2.53 bits per heavy atom. The number of rotatable bonds is 2. The summed E-state index contributed by atoms with van der Waals surface area (Å²) in [6, 6.07) is 1.96. The maximum Gasteiger partial charge on any atom is 0.180 e. The molecule has 2 N–H and O–H groups in total. The Bertz CT molecular complexity index is 469. The van der Waals surface area contributed by atoms with Gasteiger partial charge in [0.2, 0.25) is 0 Å². The van der Waals surface area contributed by atoms with Gasteiger partial charge in [0.1, 0.15) is 13.2 Å². The van der Waals surface area contributed by atoms with Crippen molar-refractivity contribution in [3.63, 3.8) is 0 Å². The van der Waals surface area contributed by atoms with Crippen LogP contribution in [0.15, 0.2) is 6.07 Å². The van der Waals surface area contributed by atoms with E-state index in [1.54, 1.807) is 0 Å². The second kappa shape index (κ2) is 3.79.